The minimum absolute atomic E-state index is 0.673. The minimum atomic E-state index is -0.673. The summed E-state index contributed by atoms with van der Waals surface area (Å²) in [5, 5.41) is 0. The molecule has 0 heterocycles. The lowest BCUT2D eigenvalue weighted by molar-refractivity contribution is 0.548. The second-order valence-electron chi connectivity index (χ2n) is 10.6. The highest BCUT2D eigenvalue weighted by Gasteiger charge is 2.34. The van der Waals surface area contributed by atoms with Crippen molar-refractivity contribution in [2.24, 2.45) is 0 Å². The third kappa shape index (κ3) is 20.7. The van der Waals surface area contributed by atoms with E-state index >= 15 is 0 Å². The second-order valence-corrected chi connectivity index (χ2v) is 15.1. The van der Waals surface area contributed by atoms with Crippen LogP contribution < -0.4 is 0 Å². The summed E-state index contributed by atoms with van der Waals surface area (Å²) in [6, 6.07) is 0. The molecule has 0 saturated heterocycles. The lowest BCUT2D eigenvalue weighted by atomic mass is 10.1. The molecule has 0 saturated carbocycles. The maximum absolute atomic E-state index is 2.41. The van der Waals surface area contributed by atoms with Crippen LogP contribution in [0.5, 0.6) is 0 Å². The lowest BCUT2D eigenvalue weighted by Crippen LogP contribution is -2.13. The molecule has 0 aromatic carbocycles. The van der Waals surface area contributed by atoms with Crippen LogP contribution in [0.1, 0.15) is 169 Å². The van der Waals surface area contributed by atoms with Crippen LogP contribution in [0, 0.1) is 0 Å². The average molecular weight is 456 g/mol. The normalized spacial score (nSPS) is 12.0. The molecule has 31 heavy (non-hydrogen) atoms. The van der Waals surface area contributed by atoms with E-state index < -0.39 is 7.26 Å². The smallest absolute Gasteiger partial charge is 0.0594 e. The molecule has 0 aliphatic heterocycles. The molecule has 188 valence electrons. The summed E-state index contributed by atoms with van der Waals surface area (Å²) in [5.41, 5.74) is 0. The van der Waals surface area contributed by atoms with Gasteiger partial charge in [0.1, 0.15) is 0 Å². The van der Waals surface area contributed by atoms with Gasteiger partial charge >= 0.3 is 0 Å². The van der Waals surface area contributed by atoms with Crippen LogP contribution >= 0.6 is 7.26 Å². The molecule has 0 atom stereocenters. The van der Waals surface area contributed by atoms with Crippen molar-refractivity contribution in [3.8, 4) is 0 Å². The first-order valence-corrected chi connectivity index (χ1v) is 17.6. The molecule has 0 spiro atoms. The predicted octanol–water partition coefficient (Wildman–Crippen LogP) is 11.7. The number of unbranched alkanes of at least 4 members (excludes halogenated alkanes) is 18. The van der Waals surface area contributed by atoms with Gasteiger partial charge in [-0.2, -0.15) is 0 Å². The highest BCUT2D eigenvalue weighted by Crippen LogP contribution is 2.61. The second kappa shape index (κ2) is 25.1. The van der Waals surface area contributed by atoms with E-state index in [1.54, 1.807) is 31.1 Å². The summed E-state index contributed by atoms with van der Waals surface area (Å²) < 4.78 is 0. The Morgan fingerprint density at radius 1 is 0.258 bits per heavy atom. The summed E-state index contributed by atoms with van der Waals surface area (Å²) >= 11 is 0. The van der Waals surface area contributed by atoms with Gasteiger partial charge in [-0.05, 0) is 44.9 Å². The van der Waals surface area contributed by atoms with Crippen LogP contribution in [0.2, 0.25) is 0 Å². The Balaban J connectivity index is 4.18. The highest BCUT2D eigenvalue weighted by atomic mass is 31.2. The highest BCUT2D eigenvalue weighted by molar-refractivity contribution is 7.75. The van der Waals surface area contributed by atoms with Crippen LogP contribution in [0.3, 0.4) is 0 Å². The van der Waals surface area contributed by atoms with Crippen molar-refractivity contribution in [3.05, 3.63) is 0 Å². The Morgan fingerprint density at radius 3 is 0.806 bits per heavy atom. The molecular weight excluding hydrogens is 391 g/mol. The Kier molecular flexibility index (Phi) is 25.4. The Hall–Kier alpha value is 0.430. The van der Waals surface area contributed by atoms with E-state index in [-0.39, 0.29) is 0 Å². The van der Waals surface area contributed by atoms with E-state index in [0.29, 0.717) is 0 Å². The van der Waals surface area contributed by atoms with Crippen LogP contribution in [0.25, 0.3) is 0 Å². The zero-order chi connectivity index (χ0) is 22.9. The lowest BCUT2D eigenvalue weighted by Gasteiger charge is -2.28. The average Bonchev–Trinajstić information content (AvgIpc) is 2.79. The monoisotopic (exact) mass is 455 g/mol. The third-order valence-corrected chi connectivity index (χ3v) is 12.5. The predicted molar refractivity (Wildman–Crippen MR) is 151 cm³/mol. The molecule has 0 bridgehead atoms. The molecule has 0 aromatic heterocycles. The van der Waals surface area contributed by atoms with E-state index in [0.717, 1.165) is 0 Å². The Bertz CT molecular complexity index is 312. The molecule has 0 aromatic rings. The number of rotatable bonds is 26. The topological polar surface area (TPSA) is 0 Å². The molecule has 0 aliphatic rings. The summed E-state index contributed by atoms with van der Waals surface area (Å²) in [5.74, 6) is 0. The third-order valence-electron chi connectivity index (χ3n) is 7.44. The Labute approximate surface area is 200 Å². The number of hydrogen-bond acceptors (Lipinski definition) is 0. The van der Waals surface area contributed by atoms with Crippen LogP contribution in [0.15, 0.2) is 0 Å². The first-order chi connectivity index (χ1) is 15.2. The number of hydrogen-bond donors (Lipinski definition) is 0. The van der Waals surface area contributed by atoms with Gasteiger partial charge in [0, 0.05) is 7.26 Å². The SMILES string of the molecule is CCCCCCCCCCCCCC[P+](CCCC)(CCCCCC)CCCCCC. The van der Waals surface area contributed by atoms with E-state index in [4.69, 9.17) is 0 Å². The maximum Gasteiger partial charge on any atom is 0.0594 e. The largest absolute Gasteiger partial charge is 0.0654 e. The van der Waals surface area contributed by atoms with Gasteiger partial charge in [-0.25, -0.2) is 0 Å². The molecule has 0 rings (SSSR count). The summed E-state index contributed by atoms with van der Waals surface area (Å²) in [7, 11) is -0.673. The molecule has 0 amide bonds. The van der Waals surface area contributed by atoms with Gasteiger partial charge in [0.15, 0.2) is 0 Å². The molecule has 0 nitrogen and oxygen atoms in total. The molecular formula is C30H64P+. The van der Waals surface area contributed by atoms with Crippen molar-refractivity contribution in [1.29, 1.82) is 0 Å². The van der Waals surface area contributed by atoms with Gasteiger partial charge in [-0.3, -0.25) is 0 Å². The fraction of sp³-hybridized carbons (Fsp3) is 1.00. The molecule has 0 radical (unpaired) electrons. The minimum Gasteiger partial charge on any atom is -0.0654 e. The van der Waals surface area contributed by atoms with Crippen LogP contribution in [0.4, 0.5) is 0 Å². The standard InChI is InChI=1S/C30H64P/c1-5-9-13-16-17-18-19-20-21-22-23-26-30-31(27-12-8-4,28-24-14-10-6-2)29-25-15-11-7-3/h5-30H2,1-4H3/q+1. The molecule has 0 aliphatic carbocycles. The van der Waals surface area contributed by atoms with Crippen LogP contribution in [-0.2, 0) is 0 Å². The molecule has 0 N–H and O–H groups in total. The Morgan fingerprint density at radius 2 is 0.484 bits per heavy atom. The maximum atomic E-state index is 2.41. The molecule has 0 unspecified atom stereocenters. The quantitative estimate of drug-likeness (QED) is 0.0898. The molecule has 1 heteroatoms. The zero-order valence-electron chi connectivity index (χ0n) is 22.8. The fourth-order valence-corrected chi connectivity index (χ4v) is 10.2. The van der Waals surface area contributed by atoms with Crippen molar-refractivity contribution in [1.82, 2.24) is 0 Å². The van der Waals surface area contributed by atoms with Crippen molar-refractivity contribution >= 4 is 7.26 Å². The summed E-state index contributed by atoms with van der Waals surface area (Å²) in [6.07, 6.45) is 39.0. The first-order valence-electron chi connectivity index (χ1n) is 15.1. The van der Waals surface area contributed by atoms with Crippen molar-refractivity contribution in [2.45, 2.75) is 169 Å². The van der Waals surface area contributed by atoms with Crippen molar-refractivity contribution in [2.75, 3.05) is 24.6 Å². The molecule has 0 fully saturated rings. The van der Waals surface area contributed by atoms with Gasteiger partial charge in [0.25, 0.3) is 0 Å². The van der Waals surface area contributed by atoms with Gasteiger partial charge < -0.3 is 0 Å². The van der Waals surface area contributed by atoms with Crippen LogP contribution in [-0.4, -0.2) is 24.6 Å². The first kappa shape index (κ1) is 31.4. The van der Waals surface area contributed by atoms with Crippen molar-refractivity contribution < 1.29 is 0 Å². The van der Waals surface area contributed by atoms with Gasteiger partial charge in [0.2, 0.25) is 0 Å². The zero-order valence-corrected chi connectivity index (χ0v) is 23.7. The fourth-order valence-electron chi connectivity index (χ4n) is 5.20. The van der Waals surface area contributed by atoms with Gasteiger partial charge in [-0.1, -0.05) is 124 Å². The van der Waals surface area contributed by atoms with Gasteiger partial charge in [-0.15, -0.1) is 0 Å². The van der Waals surface area contributed by atoms with Gasteiger partial charge in [0.05, 0.1) is 24.6 Å². The summed E-state index contributed by atoms with van der Waals surface area (Å²) in [4.78, 5) is 0. The van der Waals surface area contributed by atoms with E-state index in [9.17, 15) is 0 Å². The summed E-state index contributed by atoms with van der Waals surface area (Å²) in [6.45, 7) is 9.44. The van der Waals surface area contributed by atoms with E-state index in [1.807, 2.05) is 0 Å². The van der Waals surface area contributed by atoms with Crippen molar-refractivity contribution in [3.63, 3.8) is 0 Å². The van der Waals surface area contributed by atoms with E-state index in [2.05, 4.69) is 27.7 Å². The van der Waals surface area contributed by atoms with E-state index in [1.165, 1.54) is 135 Å².